The lowest BCUT2D eigenvalue weighted by Gasteiger charge is -2.20. The van der Waals surface area contributed by atoms with Gasteiger partial charge >= 0.3 is 5.97 Å². The van der Waals surface area contributed by atoms with Crippen LogP contribution in [0.15, 0.2) is 30.3 Å². The fraction of sp³-hybridized carbons (Fsp3) is 0.400. The molecule has 1 unspecified atom stereocenters. The summed E-state index contributed by atoms with van der Waals surface area (Å²) >= 11 is 0. The van der Waals surface area contributed by atoms with Crippen LogP contribution in [-0.4, -0.2) is 12.6 Å². The minimum atomic E-state index is -0.196. The molecule has 1 atom stereocenters. The van der Waals surface area contributed by atoms with Gasteiger partial charge in [0.15, 0.2) is 0 Å². The highest BCUT2D eigenvalue weighted by molar-refractivity contribution is 5.75. The summed E-state index contributed by atoms with van der Waals surface area (Å²) in [5.41, 5.74) is 1.65. The molecule has 0 aliphatic heterocycles. The number of hydrogen-bond donors (Lipinski definition) is 0. The lowest BCUT2D eigenvalue weighted by molar-refractivity contribution is -0.148. The van der Waals surface area contributed by atoms with Gasteiger partial charge in [-0.2, -0.15) is 0 Å². The van der Waals surface area contributed by atoms with Crippen LogP contribution in [0, 0.1) is 11.7 Å². The maximum Gasteiger partial charge on any atom is 0.309 e. The zero-order valence-corrected chi connectivity index (χ0v) is 10.5. The Morgan fingerprint density at radius 3 is 2.83 bits per heavy atom. The number of halogens is 1. The van der Waals surface area contributed by atoms with E-state index in [0.717, 1.165) is 18.4 Å². The minimum absolute atomic E-state index is 0.0690. The van der Waals surface area contributed by atoms with Crippen LogP contribution in [-0.2, 0) is 9.53 Å². The number of carbonyl (C=O) groups excluding carboxylic acids is 1. The Labute approximate surface area is 106 Å². The van der Waals surface area contributed by atoms with Gasteiger partial charge in [0, 0.05) is 5.56 Å². The van der Waals surface area contributed by atoms with Gasteiger partial charge < -0.3 is 4.74 Å². The number of allylic oxidation sites excluding steroid dienone is 2. The summed E-state index contributed by atoms with van der Waals surface area (Å²) in [5.74, 6) is -0.403. The van der Waals surface area contributed by atoms with Crippen molar-refractivity contribution in [1.82, 2.24) is 0 Å². The van der Waals surface area contributed by atoms with Crippen molar-refractivity contribution < 1.29 is 13.9 Å². The molecular weight excluding hydrogens is 231 g/mol. The Balaban J connectivity index is 2.07. The summed E-state index contributed by atoms with van der Waals surface area (Å²) in [6, 6.07) is 6.76. The molecule has 18 heavy (non-hydrogen) atoms. The zero-order valence-electron chi connectivity index (χ0n) is 10.5. The van der Waals surface area contributed by atoms with Gasteiger partial charge in [-0.05, 0) is 37.8 Å². The summed E-state index contributed by atoms with van der Waals surface area (Å²) < 4.78 is 18.6. The second kappa shape index (κ2) is 5.80. The molecule has 0 heterocycles. The van der Waals surface area contributed by atoms with E-state index in [-0.39, 0.29) is 17.7 Å². The standard InChI is InChI=1S/C15H17FO2/c1-2-18-15(17)12-9-7-11(8-10-12)13-5-3-4-6-14(13)16/h3-7,12H,2,8-10H2,1H3. The molecule has 0 radical (unpaired) electrons. The van der Waals surface area contributed by atoms with Crippen LogP contribution in [0.4, 0.5) is 4.39 Å². The molecule has 2 nitrogen and oxygen atoms in total. The van der Waals surface area contributed by atoms with Crippen molar-refractivity contribution in [3.8, 4) is 0 Å². The van der Waals surface area contributed by atoms with Gasteiger partial charge in [0.25, 0.3) is 0 Å². The molecule has 96 valence electrons. The Hall–Kier alpha value is -1.64. The Bertz CT molecular complexity index is 465. The molecule has 3 heteroatoms. The molecule has 0 fully saturated rings. The predicted octanol–water partition coefficient (Wildman–Crippen LogP) is 3.57. The van der Waals surface area contributed by atoms with Gasteiger partial charge in [0.2, 0.25) is 0 Å². The van der Waals surface area contributed by atoms with Crippen LogP contribution in [0.1, 0.15) is 31.7 Å². The number of hydrogen-bond acceptors (Lipinski definition) is 2. The van der Waals surface area contributed by atoms with Crippen LogP contribution in [0.2, 0.25) is 0 Å². The summed E-state index contributed by atoms with van der Waals surface area (Å²) in [5, 5.41) is 0. The monoisotopic (exact) mass is 248 g/mol. The Morgan fingerprint density at radius 1 is 1.44 bits per heavy atom. The number of benzene rings is 1. The highest BCUT2D eigenvalue weighted by atomic mass is 19.1. The summed E-state index contributed by atoms with van der Waals surface area (Å²) in [7, 11) is 0. The Morgan fingerprint density at radius 2 is 2.22 bits per heavy atom. The summed E-state index contributed by atoms with van der Waals surface area (Å²) in [6.45, 7) is 2.22. The average Bonchev–Trinajstić information content (AvgIpc) is 2.40. The van der Waals surface area contributed by atoms with E-state index in [1.807, 2.05) is 12.1 Å². The molecule has 0 saturated heterocycles. The van der Waals surface area contributed by atoms with Crippen molar-refractivity contribution in [3.63, 3.8) is 0 Å². The van der Waals surface area contributed by atoms with Gasteiger partial charge in [-0.25, -0.2) is 4.39 Å². The molecule has 0 amide bonds. The molecule has 1 aliphatic rings. The molecule has 0 N–H and O–H groups in total. The third-order valence-corrected chi connectivity index (χ3v) is 3.25. The lowest BCUT2D eigenvalue weighted by Crippen LogP contribution is -2.19. The molecule has 0 saturated carbocycles. The van der Waals surface area contributed by atoms with E-state index < -0.39 is 0 Å². The van der Waals surface area contributed by atoms with Crippen LogP contribution < -0.4 is 0 Å². The van der Waals surface area contributed by atoms with Crippen molar-refractivity contribution in [2.24, 2.45) is 5.92 Å². The van der Waals surface area contributed by atoms with Gasteiger partial charge in [-0.15, -0.1) is 0 Å². The van der Waals surface area contributed by atoms with E-state index in [1.54, 1.807) is 19.1 Å². The second-order valence-corrected chi connectivity index (χ2v) is 4.43. The van der Waals surface area contributed by atoms with Crippen molar-refractivity contribution in [3.05, 3.63) is 41.7 Å². The largest absolute Gasteiger partial charge is 0.466 e. The SMILES string of the molecule is CCOC(=O)C1CC=C(c2ccccc2F)CC1. The maximum atomic E-state index is 13.6. The van der Waals surface area contributed by atoms with Crippen LogP contribution in [0.25, 0.3) is 5.57 Å². The van der Waals surface area contributed by atoms with Crippen molar-refractivity contribution >= 4 is 11.5 Å². The van der Waals surface area contributed by atoms with Crippen molar-refractivity contribution in [2.45, 2.75) is 26.2 Å². The van der Waals surface area contributed by atoms with E-state index in [0.29, 0.717) is 18.6 Å². The summed E-state index contributed by atoms with van der Waals surface area (Å²) in [4.78, 5) is 11.6. The fourth-order valence-electron chi connectivity index (χ4n) is 2.27. The van der Waals surface area contributed by atoms with E-state index in [4.69, 9.17) is 4.74 Å². The zero-order chi connectivity index (χ0) is 13.0. The number of carbonyl (C=O) groups is 1. The van der Waals surface area contributed by atoms with Crippen LogP contribution in [0.5, 0.6) is 0 Å². The van der Waals surface area contributed by atoms with Gasteiger partial charge in [-0.3, -0.25) is 4.79 Å². The quantitative estimate of drug-likeness (QED) is 0.764. The van der Waals surface area contributed by atoms with Crippen LogP contribution >= 0.6 is 0 Å². The third-order valence-electron chi connectivity index (χ3n) is 3.25. The van der Waals surface area contributed by atoms with Crippen molar-refractivity contribution in [1.29, 1.82) is 0 Å². The van der Waals surface area contributed by atoms with Crippen LogP contribution in [0.3, 0.4) is 0 Å². The molecule has 2 rings (SSSR count). The third kappa shape index (κ3) is 2.78. The smallest absolute Gasteiger partial charge is 0.309 e. The fourth-order valence-corrected chi connectivity index (χ4v) is 2.27. The molecular formula is C15H17FO2. The van der Waals surface area contributed by atoms with Crippen molar-refractivity contribution in [2.75, 3.05) is 6.61 Å². The number of rotatable bonds is 3. The molecule has 0 bridgehead atoms. The lowest BCUT2D eigenvalue weighted by atomic mass is 9.86. The molecule has 1 aromatic carbocycles. The average molecular weight is 248 g/mol. The van der Waals surface area contributed by atoms with Gasteiger partial charge in [0.05, 0.1) is 12.5 Å². The normalized spacial score (nSPS) is 19.2. The highest BCUT2D eigenvalue weighted by Gasteiger charge is 2.23. The summed E-state index contributed by atoms with van der Waals surface area (Å²) in [6.07, 6.45) is 4.06. The molecule has 0 spiro atoms. The number of esters is 1. The molecule has 1 aliphatic carbocycles. The topological polar surface area (TPSA) is 26.3 Å². The highest BCUT2D eigenvalue weighted by Crippen LogP contribution is 2.31. The van der Waals surface area contributed by atoms with E-state index >= 15 is 0 Å². The predicted molar refractivity (Wildman–Crippen MR) is 68.4 cm³/mol. The second-order valence-electron chi connectivity index (χ2n) is 4.43. The maximum absolute atomic E-state index is 13.6. The van der Waals surface area contributed by atoms with Gasteiger partial charge in [0.1, 0.15) is 5.82 Å². The first-order valence-electron chi connectivity index (χ1n) is 6.33. The van der Waals surface area contributed by atoms with E-state index in [1.165, 1.54) is 6.07 Å². The van der Waals surface area contributed by atoms with Gasteiger partial charge in [-0.1, -0.05) is 24.3 Å². The first kappa shape index (κ1) is 12.8. The van der Waals surface area contributed by atoms with E-state index in [9.17, 15) is 9.18 Å². The molecule has 1 aromatic rings. The first-order valence-corrected chi connectivity index (χ1v) is 6.33. The van der Waals surface area contributed by atoms with E-state index in [2.05, 4.69) is 0 Å². The Kier molecular flexibility index (Phi) is 4.13. The number of ether oxygens (including phenoxy) is 1. The minimum Gasteiger partial charge on any atom is -0.466 e. The molecule has 0 aromatic heterocycles. The first-order chi connectivity index (χ1) is 8.72.